The molecule has 0 unspecified atom stereocenters. The minimum absolute atomic E-state index is 0. The second-order valence-corrected chi connectivity index (χ2v) is 17.3. The Morgan fingerprint density at radius 3 is 2.10 bits per heavy atom. The minimum atomic E-state index is -0.932. The summed E-state index contributed by atoms with van der Waals surface area (Å²) in [6.07, 6.45) is 1.59. The van der Waals surface area contributed by atoms with Crippen LogP contribution in [-0.2, 0) is 26.5 Å². The average molecular weight is 974 g/mol. The molecule has 306 valence electrons. The molecule has 8 rings (SSSR count). The van der Waals surface area contributed by atoms with Gasteiger partial charge in [-0.2, -0.15) is 0 Å². The van der Waals surface area contributed by atoms with Crippen LogP contribution in [0.25, 0.3) is 72.7 Å². The van der Waals surface area contributed by atoms with Crippen LogP contribution in [0.15, 0.2) is 140 Å². The van der Waals surface area contributed by atoms with Crippen LogP contribution in [0.1, 0.15) is 111 Å². The van der Waals surface area contributed by atoms with Gasteiger partial charge in [0, 0.05) is 40.0 Å². The van der Waals surface area contributed by atoms with E-state index in [0.29, 0.717) is 33.7 Å². The zero-order valence-electron chi connectivity index (χ0n) is 41.7. The topological polar surface area (TPSA) is 50.9 Å². The number of fused-ring (bicyclic) bond motifs is 1. The summed E-state index contributed by atoms with van der Waals surface area (Å²) in [6, 6.07) is 36.1. The minimum Gasteiger partial charge on any atom is -0.507 e. The molecule has 0 atom stereocenters. The normalized spacial score (nSPS) is 13.4. The van der Waals surface area contributed by atoms with E-state index in [1.54, 1.807) is 18.3 Å². The summed E-state index contributed by atoms with van der Waals surface area (Å²) < 4.78 is 53.4. The van der Waals surface area contributed by atoms with Crippen LogP contribution in [0, 0.1) is 6.07 Å². The van der Waals surface area contributed by atoms with E-state index in [1.165, 1.54) is 0 Å². The number of phenolic OH excluding ortho intramolecular Hbond substituents is 1. The van der Waals surface area contributed by atoms with Gasteiger partial charge in [0.2, 0.25) is 0 Å². The molecule has 60 heavy (non-hydrogen) atoms. The maximum atomic E-state index is 12.2. The van der Waals surface area contributed by atoms with Gasteiger partial charge in [-0.05, 0) is 92.4 Å². The first-order chi connectivity index (χ1) is 30.6. The Kier molecular flexibility index (Phi) is 10.1. The molecule has 0 bridgehead atoms. The molecule has 0 saturated carbocycles. The summed E-state index contributed by atoms with van der Waals surface area (Å²) in [7, 11) is 0. The number of benzene rings is 6. The van der Waals surface area contributed by atoms with E-state index in [4.69, 9.17) is 16.8 Å². The first-order valence-electron chi connectivity index (χ1n) is 23.4. The largest absolute Gasteiger partial charge is 0.507 e. The standard InChI is InChI=1S/C55H54N3O.Pt/c1-34(2)40-25-42(38-19-14-11-15-20-38)30-46(29-40)58-51-22-16-21-47(52(51)57-54(58)49-32-41(35(3)4)31-48(36(5)6)53(49)59)43-26-44(28-45(27-43)55(7,8)9)50-33-39(23-24-56-50)37-17-12-10-13-18-37;/h10-25,27-36,59H,1-9H3;/q-1;/i10D,12D,13D,17D,18D,34D;. The van der Waals surface area contributed by atoms with Gasteiger partial charge in [0.1, 0.15) is 11.6 Å². The van der Waals surface area contributed by atoms with Gasteiger partial charge in [0.05, 0.1) is 23.5 Å². The van der Waals surface area contributed by atoms with Crippen LogP contribution in [0.3, 0.4) is 0 Å². The molecule has 5 heteroatoms. The van der Waals surface area contributed by atoms with E-state index in [2.05, 4.69) is 108 Å². The smallest absolute Gasteiger partial charge is 0.148 e. The van der Waals surface area contributed by atoms with E-state index in [1.807, 2.05) is 56.3 Å². The summed E-state index contributed by atoms with van der Waals surface area (Å²) in [5, 5.41) is 12.2. The third-order valence-corrected chi connectivity index (χ3v) is 11.1. The summed E-state index contributed by atoms with van der Waals surface area (Å²) in [6.45, 7) is 18.7. The maximum absolute atomic E-state index is 12.2. The van der Waals surface area contributed by atoms with Crippen LogP contribution in [0.2, 0.25) is 0 Å². The number of aromatic nitrogens is 3. The zero-order valence-corrected chi connectivity index (χ0v) is 37.9. The summed E-state index contributed by atoms with van der Waals surface area (Å²) in [4.78, 5) is 10.3. The van der Waals surface area contributed by atoms with Crippen molar-refractivity contribution in [2.75, 3.05) is 0 Å². The number of hydrogen-bond acceptors (Lipinski definition) is 3. The second kappa shape index (κ2) is 17.2. The Labute approximate surface area is 379 Å². The van der Waals surface area contributed by atoms with E-state index in [0.717, 1.165) is 55.7 Å². The fraction of sp³-hybridized carbons (Fsp3) is 0.236. The van der Waals surface area contributed by atoms with Crippen molar-refractivity contribution in [1.29, 1.82) is 0 Å². The van der Waals surface area contributed by atoms with E-state index in [9.17, 15) is 6.48 Å². The van der Waals surface area contributed by atoms with Gasteiger partial charge in [0.25, 0.3) is 0 Å². The molecule has 4 nitrogen and oxygen atoms in total. The molecule has 6 aromatic carbocycles. The molecule has 0 aliphatic rings. The van der Waals surface area contributed by atoms with Gasteiger partial charge < -0.3 is 5.11 Å². The van der Waals surface area contributed by atoms with Gasteiger partial charge in [-0.1, -0.05) is 164 Å². The predicted molar refractivity (Wildman–Crippen MR) is 248 cm³/mol. The molecule has 0 aliphatic heterocycles. The van der Waals surface area contributed by atoms with Crippen molar-refractivity contribution in [2.24, 2.45) is 0 Å². The van der Waals surface area contributed by atoms with Gasteiger partial charge in [-0.25, -0.2) is 4.98 Å². The van der Waals surface area contributed by atoms with Crippen molar-refractivity contribution in [1.82, 2.24) is 14.5 Å². The molecule has 0 fully saturated rings. The number of aromatic hydroxyl groups is 1. The second-order valence-electron chi connectivity index (χ2n) is 17.3. The molecule has 0 spiro atoms. The van der Waals surface area contributed by atoms with Crippen molar-refractivity contribution >= 4 is 11.0 Å². The molecular formula is C55H54N3OPt-. The van der Waals surface area contributed by atoms with Crippen molar-refractivity contribution < 1.29 is 34.4 Å². The zero-order chi connectivity index (χ0) is 46.9. The number of para-hydroxylation sites is 1. The van der Waals surface area contributed by atoms with Gasteiger partial charge >= 0.3 is 0 Å². The molecule has 0 radical (unpaired) electrons. The molecular weight excluding hydrogens is 914 g/mol. The number of imidazole rings is 1. The van der Waals surface area contributed by atoms with Crippen molar-refractivity contribution in [3.05, 3.63) is 168 Å². The fourth-order valence-electron chi connectivity index (χ4n) is 7.62. The number of pyridine rings is 1. The van der Waals surface area contributed by atoms with Crippen LogP contribution in [-0.4, -0.2) is 19.6 Å². The Bertz CT molecular complexity index is 3120. The molecule has 0 amide bonds. The quantitative estimate of drug-likeness (QED) is 0.147. The number of hydrogen-bond donors (Lipinski definition) is 1. The van der Waals surface area contributed by atoms with Crippen LogP contribution in [0.5, 0.6) is 5.75 Å². The van der Waals surface area contributed by atoms with Gasteiger partial charge in [-0.15, -0.1) is 29.3 Å². The third-order valence-electron chi connectivity index (χ3n) is 11.1. The summed E-state index contributed by atoms with van der Waals surface area (Å²) >= 11 is 0. The maximum Gasteiger partial charge on any atom is 0.148 e. The predicted octanol–water partition coefficient (Wildman–Crippen LogP) is 14.9. The van der Waals surface area contributed by atoms with Crippen molar-refractivity contribution in [3.8, 4) is 67.5 Å². The molecule has 0 aliphatic carbocycles. The number of rotatable bonds is 9. The molecule has 1 N–H and O–H groups in total. The van der Waals surface area contributed by atoms with Gasteiger partial charge in [-0.3, -0.25) is 9.55 Å². The van der Waals surface area contributed by atoms with Crippen molar-refractivity contribution in [2.45, 2.75) is 85.5 Å². The molecule has 2 heterocycles. The summed E-state index contributed by atoms with van der Waals surface area (Å²) in [5.74, 6) is 0.0278. The SMILES string of the molecule is [2H]c1c([2H])c([2H])c(-c2ccnc(-c3[c-]c(-c4cccc5c4nc(-c4cc(C(C)C)cc(C(C)C)c4O)n5-c4cc(-c5ccccc5)cc(C([2H])(C)C)c4)cc(C(C)(C)C)c3)c2)c([2H])c1[2H].[Pt]. The first-order valence-corrected chi connectivity index (χ1v) is 20.4. The monoisotopic (exact) mass is 973 g/mol. The van der Waals surface area contributed by atoms with E-state index < -0.39 is 24.0 Å². The molecule has 8 aromatic rings. The van der Waals surface area contributed by atoms with Crippen LogP contribution < -0.4 is 0 Å². The average Bonchev–Trinajstić information content (AvgIpc) is 3.67. The number of nitrogens with zero attached hydrogens (tertiary/aromatic N) is 3. The summed E-state index contributed by atoms with van der Waals surface area (Å²) in [5.41, 5.74) is 11.6. The Morgan fingerprint density at radius 2 is 1.42 bits per heavy atom. The van der Waals surface area contributed by atoms with E-state index in [-0.39, 0.29) is 61.7 Å². The number of phenols is 1. The molecule has 0 saturated heterocycles. The Balaban J connectivity index is 0.00000648. The fourth-order valence-corrected chi connectivity index (χ4v) is 7.62. The van der Waals surface area contributed by atoms with Crippen molar-refractivity contribution in [3.63, 3.8) is 0 Å². The van der Waals surface area contributed by atoms with Gasteiger partial charge in [0.15, 0.2) is 0 Å². The first kappa shape index (κ1) is 35.2. The third kappa shape index (κ3) is 8.41. The Hall–Kier alpha value is -5.57. The van der Waals surface area contributed by atoms with Crippen LogP contribution >= 0.6 is 0 Å². The molecule has 2 aromatic heterocycles. The Morgan fingerprint density at radius 1 is 0.683 bits per heavy atom. The van der Waals surface area contributed by atoms with Crippen LogP contribution in [0.4, 0.5) is 0 Å². The van der Waals surface area contributed by atoms with E-state index >= 15 is 0 Å².